The summed E-state index contributed by atoms with van der Waals surface area (Å²) in [7, 11) is 0. The van der Waals surface area contributed by atoms with Crippen LogP contribution in [0.25, 0.3) is 0 Å². The molecule has 1 aromatic heterocycles. The van der Waals surface area contributed by atoms with Gasteiger partial charge in [0, 0.05) is 28.7 Å². The lowest BCUT2D eigenvalue weighted by Crippen LogP contribution is -2.12. The molecule has 5 nitrogen and oxygen atoms in total. The highest BCUT2D eigenvalue weighted by molar-refractivity contribution is 6.18. The predicted molar refractivity (Wildman–Crippen MR) is 98.0 cm³/mol. The minimum absolute atomic E-state index is 0.0469. The first-order valence-electron chi connectivity index (χ1n) is 7.73. The first kappa shape index (κ1) is 14.3. The van der Waals surface area contributed by atoms with Gasteiger partial charge in [-0.15, -0.1) is 0 Å². The van der Waals surface area contributed by atoms with Gasteiger partial charge >= 0.3 is 0 Å². The van der Waals surface area contributed by atoms with E-state index in [-0.39, 0.29) is 6.04 Å². The molecule has 1 unspecified atom stereocenters. The van der Waals surface area contributed by atoms with Crippen LogP contribution in [0.3, 0.4) is 0 Å². The number of hydrogen-bond acceptors (Lipinski definition) is 3. The van der Waals surface area contributed by atoms with Crippen LogP contribution in [0.5, 0.6) is 0 Å². The number of aromatic nitrogens is 1. The normalized spacial score (nSPS) is 17.5. The molecule has 118 valence electrons. The van der Waals surface area contributed by atoms with Crippen molar-refractivity contribution in [2.24, 2.45) is 4.99 Å². The van der Waals surface area contributed by atoms with E-state index in [1.165, 1.54) is 0 Å². The molecule has 1 aliphatic heterocycles. The quantitative estimate of drug-likeness (QED) is 0.331. The SMILES string of the molecule is N=CN=C1c2ccccc2NC(c2cccc(N)c2)c2cc[nH]c21. The van der Waals surface area contributed by atoms with Crippen LogP contribution in [0.1, 0.15) is 28.4 Å². The molecule has 0 saturated carbocycles. The molecule has 3 aromatic rings. The second-order valence-corrected chi connectivity index (χ2v) is 5.71. The first-order valence-corrected chi connectivity index (χ1v) is 7.73. The number of para-hydroxylation sites is 1. The van der Waals surface area contributed by atoms with E-state index in [1.54, 1.807) is 0 Å². The standard InChI is InChI=1S/C19H17N5/c20-11-23-18-14-6-1-2-7-16(14)24-17(15-8-9-22-19(15)18)12-4-3-5-13(21)10-12/h1-11,17,20,22,24H,21H2. The minimum Gasteiger partial charge on any atom is -0.399 e. The minimum atomic E-state index is -0.0469. The average molecular weight is 315 g/mol. The molecule has 0 fully saturated rings. The molecule has 0 amide bonds. The van der Waals surface area contributed by atoms with Gasteiger partial charge in [-0.25, -0.2) is 4.99 Å². The fourth-order valence-corrected chi connectivity index (χ4v) is 3.21. The molecule has 1 atom stereocenters. The highest BCUT2D eigenvalue weighted by Crippen LogP contribution is 2.36. The van der Waals surface area contributed by atoms with Gasteiger partial charge in [-0.05, 0) is 29.8 Å². The van der Waals surface area contributed by atoms with Crippen LogP contribution >= 0.6 is 0 Å². The molecular weight excluding hydrogens is 298 g/mol. The van der Waals surface area contributed by atoms with Crippen molar-refractivity contribution < 1.29 is 0 Å². The number of rotatable bonds is 2. The number of aromatic amines is 1. The lowest BCUT2D eigenvalue weighted by atomic mass is 9.97. The van der Waals surface area contributed by atoms with Gasteiger partial charge in [0.1, 0.15) is 6.34 Å². The maximum Gasteiger partial charge on any atom is 0.107 e. The molecule has 5 N–H and O–H groups in total. The number of fused-ring (bicyclic) bond motifs is 2. The van der Waals surface area contributed by atoms with Gasteiger partial charge in [-0.1, -0.05) is 30.3 Å². The molecule has 0 bridgehead atoms. The van der Waals surface area contributed by atoms with Crippen molar-refractivity contribution in [2.75, 3.05) is 11.1 Å². The summed E-state index contributed by atoms with van der Waals surface area (Å²) in [5.41, 5.74) is 12.5. The fourth-order valence-electron chi connectivity index (χ4n) is 3.21. The topological polar surface area (TPSA) is 90.1 Å². The number of H-pyrrole nitrogens is 1. The van der Waals surface area contributed by atoms with Gasteiger partial charge in [-0.2, -0.15) is 0 Å². The van der Waals surface area contributed by atoms with E-state index in [2.05, 4.69) is 21.4 Å². The van der Waals surface area contributed by atoms with Crippen LogP contribution in [-0.4, -0.2) is 17.0 Å². The van der Waals surface area contributed by atoms with E-state index in [0.717, 1.165) is 45.8 Å². The number of anilines is 2. The molecule has 2 aromatic carbocycles. The van der Waals surface area contributed by atoms with Crippen LogP contribution < -0.4 is 11.1 Å². The molecule has 4 rings (SSSR count). The van der Waals surface area contributed by atoms with Crippen LogP contribution in [0, 0.1) is 5.41 Å². The highest BCUT2D eigenvalue weighted by atomic mass is 15.0. The second-order valence-electron chi connectivity index (χ2n) is 5.71. The average Bonchev–Trinajstić information content (AvgIpc) is 3.02. The van der Waals surface area contributed by atoms with Crippen molar-refractivity contribution in [2.45, 2.75) is 6.04 Å². The number of hydrogen-bond donors (Lipinski definition) is 4. The van der Waals surface area contributed by atoms with Gasteiger partial charge in [0.15, 0.2) is 0 Å². The third-order valence-electron chi connectivity index (χ3n) is 4.25. The van der Waals surface area contributed by atoms with E-state index >= 15 is 0 Å². The molecule has 0 aliphatic carbocycles. The molecule has 1 aliphatic rings. The monoisotopic (exact) mass is 315 g/mol. The van der Waals surface area contributed by atoms with Gasteiger partial charge in [0.2, 0.25) is 0 Å². The van der Waals surface area contributed by atoms with Gasteiger partial charge < -0.3 is 16.0 Å². The van der Waals surface area contributed by atoms with Crippen molar-refractivity contribution in [1.29, 1.82) is 5.41 Å². The Hall–Kier alpha value is -3.34. The summed E-state index contributed by atoms with van der Waals surface area (Å²) in [5.74, 6) is 0. The molecule has 24 heavy (non-hydrogen) atoms. The Morgan fingerprint density at radius 3 is 2.79 bits per heavy atom. The molecule has 0 saturated heterocycles. The lowest BCUT2D eigenvalue weighted by molar-refractivity contribution is 0.944. The number of nitrogens with zero attached hydrogens (tertiary/aromatic N) is 1. The number of nitrogen functional groups attached to an aromatic ring is 1. The summed E-state index contributed by atoms with van der Waals surface area (Å²) in [6.07, 6.45) is 2.98. The fraction of sp³-hybridized carbons (Fsp3) is 0.0526. The van der Waals surface area contributed by atoms with Gasteiger partial charge in [-0.3, -0.25) is 5.41 Å². The third-order valence-corrected chi connectivity index (χ3v) is 4.25. The van der Waals surface area contributed by atoms with Gasteiger partial charge in [0.05, 0.1) is 17.4 Å². The Bertz CT molecular complexity index is 938. The Labute approximate surface area is 139 Å². The van der Waals surface area contributed by atoms with E-state index in [9.17, 15) is 0 Å². The summed E-state index contributed by atoms with van der Waals surface area (Å²) in [4.78, 5) is 7.59. The lowest BCUT2D eigenvalue weighted by Gasteiger charge is -2.19. The zero-order valence-electron chi connectivity index (χ0n) is 13.0. The maximum absolute atomic E-state index is 7.43. The Morgan fingerprint density at radius 2 is 1.96 bits per heavy atom. The molecular formula is C19H17N5. The highest BCUT2D eigenvalue weighted by Gasteiger charge is 2.27. The summed E-state index contributed by atoms with van der Waals surface area (Å²) in [6, 6.07) is 17.9. The van der Waals surface area contributed by atoms with Crippen molar-refractivity contribution in [3.8, 4) is 0 Å². The van der Waals surface area contributed by atoms with E-state index in [0.29, 0.717) is 0 Å². The van der Waals surface area contributed by atoms with Crippen LogP contribution in [0.2, 0.25) is 0 Å². The maximum atomic E-state index is 7.43. The van der Waals surface area contributed by atoms with E-state index < -0.39 is 0 Å². The van der Waals surface area contributed by atoms with Crippen LogP contribution in [0.4, 0.5) is 11.4 Å². The van der Waals surface area contributed by atoms with Crippen LogP contribution in [-0.2, 0) is 0 Å². The largest absolute Gasteiger partial charge is 0.399 e. The predicted octanol–water partition coefficient (Wildman–Crippen LogP) is 3.56. The number of nitrogens with two attached hydrogens (primary N) is 1. The second kappa shape index (κ2) is 5.70. The first-order chi connectivity index (χ1) is 11.8. The molecule has 0 radical (unpaired) electrons. The summed E-state index contributed by atoms with van der Waals surface area (Å²) in [6.45, 7) is 0. The molecule has 2 heterocycles. The van der Waals surface area contributed by atoms with Gasteiger partial charge in [0.25, 0.3) is 0 Å². The number of benzene rings is 2. The van der Waals surface area contributed by atoms with Crippen molar-refractivity contribution >= 4 is 23.4 Å². The smallest absolute Gasteiger partial charge is 0.107 e. The van der Waals surface area contributed by atoms with E-state index in [1.807, 2.05) is 54.7 Å². The van der Waals surface area contributed by atoms with Crippen LogP contribution in [0.15, 0.2) is 65.8 Å². The molecule has 5 heteroatoms. The summed E-state index contributed by atoms with van der Waals surface area (Å²) in [5, 5.41) is 11.0. The number of nitrogens with one attached hydrogen (secondary N) is 3. The summed E-state index contributed by atoms with van der Waals surface area (Å²) >= 11 is 0. The molecule has 0 spiro atoms. The zero-order valence-corrected chi connectivity index (χ0v) is 13.0. The Morgan fingerprint density at radius 1 is 1.08 bits per heavy atom. The van der Waals surface area contributed by atoms with Crippen molar-refractivity contribution in [3.05, 3.63) is 83.2 Å². The van der Waals surface area contributed by atoms with Crippen molar-refractivity contribution in [1.82, 2.24) is 4.98 Å². The zero-order chi connectivity index (χ0) is 16.5. The number of aliphatic imine (C=N–C) groups is 1. The van der Waals surface area contributed by atoms with Crippen molar-refractivity contribution in [3.63, 3.8) is 0 Å². The third kappa shape index (κ3) is 2.27. The van der Waals surface area contributed by atoms with E-state index in [4.69, 9.17) is 11.1 Å². The summed E-state index contributed by atoms with van der Waals surface area (Å²) < 4.78 is 0. The Kier molecular flexibility index (Phi) is 3.39. The Balaban J connectivity index is 1.97.